The van der Waals surface area contributed by atoms with E-state index in [0.717, 1.165) is 17.1 Å². The lowest BCUT2D eigenvalue weighted by molar-refractivity contribution is -0.301. The first kappa shape index (κ1) is 13.2. The Hall–Kier alpha value is -1.79. The van der Waals surface area contributed by atoms with Gasteiger partial charge in [-0.15, -0.1) is 0 Å². The highest BCUT2D eigenvalue weighted by atomic mass is 35.5. The summed E-state index contributed by atoms with van der Waals surface area (Å²) in [5.41, 5.74) is 1.74. The summed E-state index contributed by atoms with van der Waals surface area (Å²) in [4.78, 5) is 19.2. The van der Waals surface area contributed by atoms with Gasteiger partial charge in [-0.05, 0) is 25.1 Å². The summed E-state index contributed by atoms with van der Waals surface area (Å²) in [5, 5.41) is 12.4. The van der Waals surface area contributed by atoms with Crippen molar-refractivity contribution >= 4 is 51.4 Å². The Labute approximate surface area is 123 Å². The highest BCUT2D eigenvalue weighted by Gasteiger charge is 2.15. The van der Waals surface area contributed by atoms with Gasteiger partial charge in [0.25, 0.3) is 0 Å². The number of fused-ring (bicyclic) bond motifs is 3. The number of aryl methyl sites for hydroxylation is 1. The number of thioether (sulfide) groups is 1. The van der Waals surface area contributed by atoms with Crippen LogP contribution in [0.2, 0.25) is 5.02 Å². The van der Waals surface area contributed by atoms with E-state index in [1.165, 1.54) is 0 Å². The van der Waals surface area contributed by atoms with E-state index in [1.807, 2.05) is 0 Å². The minimum Gasteiger partial charge on any atom is -0.549 e. The zero-order chi connectivity index (χ0) is 14.3. The molecule has 5 nitrogen and oxygen atoms in total. The molecule has 0 amide bonds. The number of carboxylic acids is 1. The molecule has 0 saturated heterocycles. The molecule has 102 valence electrons. The Kier molecular flexibility index (Phi) is 3.27. The number of benzene rings is 1. The van der Waals surface area contributed by atoms with E-state index >= 15 is 0 Å². The maximum Gasteiger partial charge on any atom is 0.186 e. The first-order valence-corrected chi connectivity index (χ1v) is 7.10. The normalized spacial score (nSPS) is 11.3. The number of carbonyl (C=O) groups excluding carboxylic acids is 1. The van der Waals surface area contributed by atoms with Crippen LogP contribution in [0.4, 0.5) is 0 Å². The maximum absolute atomic E-state index is 10.6. The van der Waals surface area contributed by atoms with Crippen LogP contribution in [0.5, 0.6) is 0 Å². The number of carbonyl (C=O) groups is 1. The van der Waals surface area contributed by atoms with Gasteiger partial charge in [0.15, 0.2) is 5.58 Å². The molecule has 0 atom stereocenters. The van der Waals surface area contributed by atoms with E-state index in [9.17, 15) is 9.90 Å². The lowest BCUT2D eigenvalue weighted by Gasteiger charge is -2.03. The number of furan rings is 1. The van der Waals surface area contributed by atoms with Gasteiger partial charge in [0.2, 0.25) is 0 Å². The number of hydrogen-bond donors (Lipinski definition) is 0. The third-order valence-electron chi connectivity index (χ3n) is 2.68. The second kappa shape index (κ2) is 4.96. The molecule has 0 radical (unpaired) electrons. The summed E-state index contributed by atoms with van der Waals surface area (Å²) in [6.07, 6.45) is 0. The van der Waals surface area contributed by atoms with E-state index in [0.29, 0.717) is 32.6 Å². The largest absolute Gasteiger partial charge is 0.549 e. The Morgan fingerprint density at radius 1 is 1.45 bits per heavy atom. The fraction of sp³-hybridized carbons (Fsp3) is 0.154. The second-order valence-corrected chi connectivity index (χ2v) is 5.56. The molecule has 0 N–H and O–H groups in total. The molecule has 20 heavy (non-hydrogen) atoms. The van der Waals surface area contributed by atoms with E-state index in [4.69, 9.17) is 16.0 Å². The highest BCUT2D eigenvalue weighted by Crippen LogP contribution is 2.34. The molecule has 0 spiro atoms. The van der Waals surface area contributed by atoms with Crippen LogP contribution in [0.1, 0.15) is 5.82 Å². The SMILES string of the molecule is Cc1nc(SCC(=O)[O-])c2oc3ccc(Cl)cc3c2n1. The van der Waals surface area contributed by atoms with Gasteiger partial charge in [0.05, 0.1) is 5.97 Å². The molecular formula is C13H8ClN2O3S-. The van der Waals surface area contributed by atoms with Gasteiger partial charge in [-0.1, -0.05) is 23.4 Å². The van der Waals surface area contributed by atoms with Crippen molar-refractivity contribution in [2.24, 2.45) is 0 Å². The van der Waals surface area contributed by atoms with Crippen LogP contribution in [0.15, 0.2) is 27.6 Å². The zero-order valence-corrected chi connectivity index (χ0v) is 11.9. The van der Waals surface area contributed by atoms with Crippen molar-refractivity contribution in [3.05, 3.63) is 29.0 Å². The summed E-state index contributed by atoms with van der Waals surface area (Å²) in [5.74, 6) is -0.803. The van der Waals surface area contributed by atoms with Crippen LogP contribution in [-0.2, 0) is 4.79 Å². The molecule has 0 saturated carbocycles. The van der Waals surface area contributed by atoms with Gasteiger partial charge >= 0.3 is 0 Å². The summed E-state index contributed by atoms with van der Waals surface area (Å²) in [6, 6.07) is 5.24. The molecule has 3 aromatic rings. The van der Waals surface area contributed by atoms with Gasteiger partial charge in [-0.25, -0.2) is 9.97 Å². The third-order valence-corrected chi connectivity index (χ3v) is 3.85. The van der Waals surface area contributed by atoms with Crippen molar-refractivity contribution in [1.82, 2.24) is 9.97 Å². The van der Waals surface area contributed by atoms with Crippen molar-refractivity contribution in [2.75, 3.05) is 5.75 Å². The number of nitrogens with zero attached hydrogens (tertiary/aromatic N) is 2. The van der Waals surface area contributed by atoms with E-state index in [1.54, 1.807) is 25.1 Å². The smallest absolute Gasteiger partial charge is 0.186 e. The van der Waals surface area contributed by atoms with Crippen LogP contribution in [0.3, 0.4) is 0 Å². The fourth-order valence-corrected chi connectivity index (χ4v) is 2.82. The average Bonchev–Trinajstić information content (AvgIpc) is 2.74. The number of carboxylic acid groups (broad SMARTS) is 1. The average molecular weight is 308 g/mol. The minimum absolute atomic E-state index is 0.191. The Balaban J connectivity index is 2.25. The van der Waals surface area contributed by atoms with Crippen molar-refractivity contribution in [2.45, 2.75) is 11.9 Å². The van der Waals surface area contributed by atoms with Crippen LogP contribution in [-0.4, -0.2) is 21.7 Å². The molecule has 1 aromatic carbocycles. The number of aliphatic carboxylic acids is 1. The van der Waals surface area contributed by atoms with Crippen LogP contribution < -0.4 is 5.11 Å². The molecule has 0 aliphatic rings. The minimum atomic E-state index is -1.15. The molecule has 2 heterocycles. The predicted molar refractivity (Wildman–Crippen MR) is 74.8 cm³/mol. The Bertz CT molecular complexity index is 831. The van der Waals surface area contributed by atoms with Crippen molar-refractivity contribution in [3.8, 4) is 0 Å². The summed E-state index contributed by atoms with van der Waals surface area (Å²) in [7, 11) is 0. The van der Waals surface area contributed by atoms with E-state index < -0.39 is 5.97 Å². The first-order chi connectivity index (χ1) is 9.54. The number of hydrogen-bond acceptors (Lipinski definition) is 6. The van der Waals surface area contributed by atoms with Crippen molar-refractivity contribution in [3.63, 3.8) is 0 Å². The number of halogens is 1. The molecule has 0 unspecified atom stereocenters. The standard InChI is InChI=1S/C13H9ClN2O3S/c1-6-15-11-8-4-7(14)2-3-9(8)19-12(11)13(16-6)20-5-10(17)18/h2-4H,5H2,1H3,(H,17,18)/p-1. The topological polar surface area (TPSA) is 79.0 Å². The summed E-state index contributed by atoms with van der Waals surface area (Å²) >= 11 is 7.03. The number of aromatic nitrogens is 2. The molecule has 0 aliphatic carbocycles. The summed E-state index contributed by atoms with van der Waals surface area (Å²) in [6.45, 7) is 1.74. The summed E-state index contributed by atoms with van der Waals surface area (Å²) < 4.78 is 5.71. The maximum atomic E-state index is 10.6. The third kappa shape index (κ3) is 2.32. The first-order valence-electron chi connectivity index (χ1n) is 5.73. The van der Waals surface area contributed by atoms with Crippen molar-refractivity contribution in [1.29, 1.82) is 0 Å². The number of rotatable bonds is 3. The molecule has 0 fully saturated rings. The van der Waals surface area contributed by atoms with E-state index in [2.05, 4.69) is 9.97 Å². The fourth-order valence-electron chi connectivity index (χ4n) is 1.92. The highest BCUT2D eigenvalue weighted by molar-refractivity contribution is 8.00. The molecule has 2 aromatic heterocycles. The van der Waals surface area contributed by atoms with Gasteiger partial charge in [-0.2, -0.15) is 0 Å². The van der Waals surface area contributed by atoms with E-state index in [-0.39, 0.29) is 5.75 Å². The van der Waals surface area contributed by atoms with Crippen LogP contribution in [0.25, 0.3) is 22.1 Å². The second-order valence-electron chi connectivity index (χ2n) is 4.16. The molecule has 3 rings (SSSR count). The Morgan fingerprint density at radius 2 is 2.25 bits per heavy atom. The van der Waals surface area contributed by atoms with Crippen LogP contribution in [0, 0.1) is 6.92 Å². The lowest BCUT2D eigenvalue weighted by Crippen LogP contribution is -2.24. The van der Waals surface area contributed by atoms with Gasteiger partial charge < -0.3 is 14.3 Å². The zero-order valence-electron chi connectivity index (χ0n) is 10.3. The predicted octanol–water partition coefficient (Wildman–Crippen LogP) is 2.18. The Morgan fingerprint density at radius 3 is 3.00 bits per heavy atom. The monoisotopic (exact) mass is 307 g/mol. The van der Waals surface area contributed by atoms with Gasteiger partial charge in [-0.3, -0.25) is 0 Å². The molecule has 7 heteroatoms. The quantitative estimate of drug-likeness (QED) is 0.545. The van der Waals surface area contributed by atoms with Crippen LogP contribution >= 0.6 is 23.4 Å². The van der Waals surface area contributed by atoms with Crippen molar-refractivity contribution < 1.29 is 14.3 Å². The molecular weight excluding hydrogens is 300 g/mol. The van der Waals surface area contributed by atoms with Gasteiger partial charge in [0, 0.05) is 16.2 Å². The van der Waals surface area contributed by atoms with Gasteiger partial charge in [0.1, 0.15) is 22.0 Å². The molecule has 0 aliphatic heterocycles. The molecule has 0 bridgehead atoms. The lowest BCUT2D eigenvalue weighted by atomic mass is 10.2.